The van der Waals surface area contributed by atoms with E-state index in [1.807, 2.05) is 24.3 Å². The molecule has 0 bridgehead atoms. The van der Waals surface area contributed by atoms with E-state index < -0.39 is 0 Å². The number of ether oxygens (including phenoxy) is 5. The fourth-order valence-electron chi connectivity index (χ4n) is 5.33. The van der Waals surface area contributed by atoms with Crippen LogP contribution in [-0.2, 0) is 0 Å². The molecule has 186 valence electrons. The van der Waals surface area contributed by atoms with Crippen LogP contribution in [0.3, 0.4) is 0 Å². The van der Waals surface area contributed by atoms with Crippen LogP contribution >= 0.6 is 0 Å². The van der Waals surface area contributed by atoms with E-state index in [1.165, 1.54) is 11.1 Å². The predicted octanol–water partition coefficient (Wildman–Crippen LogP) is 6.30. The average molecular weight is 478 g/mol. The Balaban J connectivity index is 1.87. The molecule has 0 aliphatic carbocycles. The lowest BCUT2D eigenvalue weighted by Crippen LogP contribution is -2.28. The maximum atomic E-state index is 5.65. The molecule has 1 aliphatic rings. The molecular weight excluding hydrogens is 442 g/mol. The van der Waals surface area contributed by atoms with Gasteiger partial charge in [-0.2, -0.15) is 0 Å². The molecule has 35 heavy (non-hydrogen) atoms. The molecular formula is C29H35NO5. The summed E-state index contributed by atoms with van der Waals surface area (Å²) >= 11 is 0. The number of methoxy groups -OCH3 is 5. The van der Waals surface area contributed by atoms with Gasteiger partial charge in [-0.15, -0.1) is 0 Å². The van der Waals surface area contributed by atoms with Gasteiger partial charge in [0.2, 0.25) is 0 Å². The van der Waals surface area contributed by atoms with Crippen molar-refractivity contribution in [3.8, 4) is 28.7 Å². The largest absolute Gasteiger partial charge is 0.497 e. The molecule has 0 spiro atoms. The highest BCUT2D eigenvalue weighted by molar-refractivity contribution is 5.58. The summed E-state index contributed by atoms with van der Waals surface area (Å²) in [5.74, 6) is 4.45. The molecule has 0 radical (unpaired) electrons. The van der Waals surface area contributed by atoms with Crippen molar-refractivity contribution >= 4 is 5.69 Å². The Bertz CT molecular complexity index is 1080. The van der Waals surface area contributed by atoms with Gasteiger partial charge in [-0.25, -0.2) is 0 Å². The first-order valence-electron chi connectivity index (χ1n) is 11.8. The van der Waals surface area contributed by atoms with E-state index in [2.05, 4.69) is 55.1 Å². The summed E-state index contributed by atoms with van der Waals surface area (Å²) in [5.41, 5.74) is 3.49. The van der Waals surface area contributed by atoms with E-state index in [9.17, 15) is 0 Å². The third kappa shape index (κ3) is 4.45. The molecule has 1 saturated heterocycles. The Morgan fingerprint density at radius 3 is 1.31 bits per heavy atom. The number of rotatable bonds is 8. The van der Waals surface area contributed by atoms with Crippen molar-refractivity contribution in [3.63, 3.8) is 0 Å². The third-order valence-electron chi connectivity index (χ3n) is 7.29. The lowest BCUT2D eigenvalue weighted by atomic mass is 9.85. The molecule has 6 heteroatoms. The van der Waals surface area contributed by atoms with Crippen LogP contribution in [0.15, 0.2) is 60.7 Å². The van der Waals surface area contributed by atoms with E-state index in [1.54, 1.807) is 35.5 Å². The molecule has 1 aliphatic heterocycles. The maximum Gasteiger partial charge on any atom is 0.161 e. The Morgan fingerprint density at radius 1 is 0.514 bits per heavy atom. The average Bonchev–Trinajstić information content (AvgIpc) is 3.17. The summed E-state index contributed by atoms with van der Waals surface area (Å²) in [4.78, 5) is 2.51. The van der Waals surface area contributed by atoms with E-state index in [-0.39, 0.29) is 12.1 Å². The summed E-state index contributed by atoms with van der Waals surface area (Å²) in [6.07, 6.45) is 0. The van der Waals surface area contributed by atoms with Crippen LogP contribution in [-0.4, -0.2) is 35.5 Å². The molecule has 1 heterocycles. The van der Waals surface area contributed by atoms with Gasteiger partial charge >= 0.3 is 0 Å². The van der Waals surface area contributed by atoms with Gasteiger partial charge in [-0.3, -0.25) is 0 Å². The minimum atomic E-state index is 0.122. The quantitative estimate of drug-likeness (QED) is 0.379. The maximum absolute atomic E-state index is 5.65. The Hall–Kier alpha value is -3.54. The van der Waals surface area contributed by atoms with E-state index in [0.29, 0.717) is 11.8 Å². The van der Waals surface area contributed by atoms with Crippen LogP contribution in [0.25, 0.3) is 0 Å². The lowest BCUT2D eigenvalue weighted by molar-refractivity contribution is 0.352. The molecule has 3 aromatic rings. The Kier molecular flexibility index (Phi) is 7.29. The Morgan fingerprint density at radius 2 is 0.943 bits per heavy atom. The minimum absolute atomic E-state index is 0.122. The standard InChI is InChI=1S/C29H35NO5/c1-18-19(2)29(21-9-15-25(33-5)27(17-21)35-7)30(22-10-12-23(31-3)13-11-22)28(18)20-8-14-24(32-4)26(16-20)34-6/h8-19,28-29H,1-7H3/t18-,19-,28-,29+/m1/s1. The highest BCUT2D eigenvalue weighted by Gasteiger charge is 2.46. The Labute approximate surface area is 208 Å². The van der Waals surface area contributed by atoms with Crippen molar-refractivity contribution in [2.24, 2.45) is 11.8 Å². The molecule has 0 unspecified atom stereocenters. The zero-order valence-corrected chi connectivity index (χ0v) is 21.6. The molecule has 1 fully saturated rings. The van der Waals surface area contributed by atoms with Gasteiger partial charge in [0.05, 0.1) is 47.6 Å². The third-order valence-corrected chi connectivity index (χ3v) is 7.29. The molecule has 0 N–H and O–H groups in total. The lowest BCUT2D eigenvalue weighted by Gasteiger charge is -2.35. The van der Waals surface area contributed by atoms with Crippen molar-refractivity contribution in [1.82, 2.24) is 0 Å². The summed E-state index contributed by atoms with van der Waals surface area (Å²) < 4.78 is 27.7. The van der Waals surface area contributed by atoms with Gasteiger partial charge in [-0.05, 0) is 71.5 Å². The van der Waals surface area contributed by atoms with Gasteiger partial charge in [-0.1, -0.05) is 26.0 Å². The first kappa shape index (κ1) is 24.6. The van der Waals surface area contributed by atoms with Crippen LogP contribution in [0.5, 0.6) is 28.7 Å². The fourth-order valence-corrected chi connectivity index (χ4v) is 5.33. The zero-order chi connectivity index (χ0) is 25.1. The molecule has 4 rings (SSSR count). The second-order valence-corrected chi connectivity index (χ2v) is 8.94. The van der Waals surface area contributed by atoms with Gasteiger partial charge < -0.3 is 28.6 Å². The summed E-state index contributed by atoms with van der Waals surface area (Å²) in [5, 5.41) is 0. The monoisotopic (exact) mass is 477 g/mol. The van der Waals surface area contributed by atoms with Crippen LogP contribution in [0, 0.1) is 11.8 Å². The fraction of sp³-hybridized carbons (Fsp3) is 0.379. The smallest absolute Gasteiger partial charge is 0.161 e. The van der Waals surface area contributed by atoms with Crippen molar-refractivity contribution < 1.29 is 23.7 Å². The second kappa shape index (κ2) is 10.4. The minimum Gasteiger partial charge on any atom is -0.497 e. The van der Waals surface area contributed by atoms with Gasteiger partial charge in [0.25, 0.3) is 0 Å². The van der Waals surface area contributed by atoms with Crippen molar-refractivity contribution in [2.75, 3.05) is 40.4 Å². The second-order valence-electron chi connectivity index (χ2n) is 8.94. The van der Waals surface area contributed by atoms with Crippen LogP contribution in [0.1, 0.15) is 37.1 Å². The summed E-state index contributed by atoms with van der Waals surface area (Å²) in [7, 11) is 8.36. The topological polar surface area (TPSA) is 49.4 Å². The molecule has 4 atom stereocenters. The number of anilines is 1. The van der Waals surface area contributed by atoms with Crippen LogP contribution in [0.2, 0.25) is 0 Å². The van der Waals surface area contributed by atoms with Crippen molar-refractivity contribution in [1.29, 1.82) is 0 Å². The first-order valence-corrected chi connectivity index (χ1v) is 11.8. The molecule has 3 aromatic carbocycles. The molecule has 0 saturated carbocycles. The highest BCUT2D eigenvalue weighted by atomic mass is 16.5. The number of benzene rings is 3. The van der Waals surface area contributed by atoms with E-state index in [0.717, 1.165) is 34.4 Å². The SMILES string of the molecule is COc1ccc(N2[C@H](c3ccc(OC)c(OC)c3)[C@H](C)[C@@H](C)[C@@H]2c2ccc(OC)c(OC)c2)cc1. The van der Waals surface area contributed by atoms with Gasteiger partial charge in [0, 0.05) is 5.69 Å². The number of hydrogen-bond donors (Lipinski definition) is 0. The van der Waals surface area contributed by atoms with Crippen molar-refractivity contribution in [2.45, 2.75) is 25.9 Å². The number of nitrogens with zero attached hydrogens (tertiary/aromatic N) is 1. The normalized spacial score (nSPS) is 21.5. The highest BCUT2D eigenvalue weighted by Crippen LogP contribution is 2.54. The van der Waals surface area contributed by atoms with Gasteiger partial charge in [0.1, 0.15) is 5.75 Å². The molecule has 0 aromatic heterocycles. The van der Waals surface area contributed by atoms with Crippen LogP contribution in [0.4, 0.5) is 5.69 Å². The van der Waals surface area contributed by atoms with Crippen molar-refractivity contribution in [3.05, 3.63) is 71.8 Å². The van der Waals surface area contributed by atoms with E-state index in [4.69, 9.17) is 23.7 Å². The molecule has 6 nitrogen and oxygen atoms in total. The predicted molar refractivity (Wildman–Crippen MR) is 138 cm³/mol. The van der Waals surface area contributed by atoms with E-state index >= 15 is 0 Å². The van der Waals surface area contributed by atoms with Crippen LogP contribution < -0.4 is 28.6 Å². The number of hydrogen-bond acceptors (Lipinski definition) is 6. The molecule has 0 amide bonds. The summed E-state index contributed by atoms with van der Waals surface area (Å²) in [6.45, 7) is 4.65. The summed E-state index contributed by atoms with van der Waals surface area (Å²) in [6, 6.07) is 21.0. The first-order chi connectivity index (χ1) is 17.0. The zero-order valence-electron chi connectivity index (χ0n) is 21.6. The van der Waals surface area contributed by atoms with Gasteiger partial charge in [0.15, 0.2) is 23.0 Å².